The minimum Gasteiger partial charge on any atom is -0.446 e. The zero-order valence-corrected chi connectivity index (χ0v) is 15.9. The highest BCUT2D eigenvalue weighted by Gasteiger charge is 2.32. The molecular weight excluding hydrogens is 356 g/mol. The van der Waals surface area contributed by atoms with Gasteiger partial charge in [-0.2, -0.15) is 0 Å². The predicted octanol–water partition coefficient (Wildman–Crippen LogP) is 1.66. The third-order valence-corrected chi connectivity index (χ3v) is 5.51. The molecule has 1 saturated carbocycles. The summed E-state index contributed by atoms with van der Waals surface area (Å²) in [5.74, 6) is -1.23. The summed E-state index contributed by atoms with van der Waals surface area (Å²) >= 11 is 0. The van der Waals surface area contributed by atoms with E-state index < -0.39 is 34.0 Å². The smallest absolute Gasteiger partial charge is 0.325 e. The second kappa shape index (κ2) is 9.14. The Morgan fingerprint density at radius 1 is 1.23 bits per heavy atom. The summed E-state index contributed by atoms with van der Waals surface area (Å²) in [6.07, 6.45) is 1.96. The number of amides is 1. The van der Waals surface area contributed by atoms with Gasteiger partial charge in [-0.25, -0.2) is 13.1 Å². The number of hydrogen-bond donors (Lipinski definition) is 2. The van der Waals surface area contributed by atoms with Gasteiger partial charge in [-0.1, -0.05) is 43.7 Å². The standard InChI is InChI=1S/C18H26N2O5S/c1-3-4-12-26(23,24)20-13(2)18(22)25-16(14-8-6-5-7-9-14)17(21)19-15-10-11-15/h5-9,13,15-16,20H,3-4,10-12H2,1-2H3,(H,19,21)/t13-,16+/m0/s1. The van der Waals surface area contributed by atoms with Gasteiger partial charge in [0.1, 0.15) is 6.04 Å². The molecule has 1 fully saturated rings. The van der Waals surface area contributed by atoms with Gasteiger partial charge in [0.25, 0.3) is 5.91 Å². The maximum atomic E-state index is 12.5. The minimum absolute atomic E-state index is 0.0502. The van der Waals surface area contributed by atoms with Gasteiger partial charge in [-0.05, 0) is 26.2 Å². The van der Waals surface area contributed by atoms with Crippen molar-refractivity contribution in [3.63, 3.8) is 0 Å². The summed E-state index contributed by atoms with van der Waals surface area (Å²) in [6, 6.07) is 7.73. The molecule has 0 bridgehead atoms. The van der Waals surface area contributed by atoms with E-state index in [0.29, 0.717) is 12.0 Å². The summed E-state index contributed by atoms with van der Waals surface area (Å²) in [5.41, 5.74) is 0.542. The highest BCUT2D eigenvalue weighted by Crippen LogP contribution is 2.23. The lowest BCUT2D eigenvalue weighted by Gasteiger charge is -2.20. The van der Waals surface area contributed by atoms with Crippen LogP contribution in [-0.2, 0) is 24.3 Å². The molecule has 1 amide bonds. The Kier molecular flexibility index (Phi) is 7.16. The van der Waals surface area contributed by atoms with Crippen LogP contribution in [0.5, 0.6) is 0 Å². The zero-order valence-electron chi connectivity index (χ0n) is 15.1. The van der Waals surface area contributed by atoms with Crippen LogP contribution in [0, 0.1) is 0 Å². The maximum Gasteiger partial charge on any atom is 0.325 e. The third-order valence-electron chi connectivity index (χ3n) is 3.97. The van der Waals surface area contributed by atoms with Crippen LogP contribution in [0.4, 0.5) is 0 Å². The molecule has 8 heteroatoms. The van der Waals surface area contributed by atoms with E-state index >= 15 is 0 Å². The number of unbranched alkanes of at least 4 members (excludes halogenated alkanes) is 1. The molecule has 26 heavy (non-hydrogen) atoms. The second-order valence-electron chi connectivity index (χ2n) is 6.52. The van der Waals surface area contributed by atoms with E-state index in [1.807, 2.05) is 6.92 Å². The van der Waals surface area contributed by atoms with Crippen LogP contribution in [0.25, 0.3) is 0 Å². The second-order valence-corrected chi connectivity index (χ2v) is 8.40. The molecule has 0 aliphatic heterocycles. The van der Waals surface area contributed by atoms with Gasteiger partial charge < -0.3 is 10.1 Å². The zero-order chi connectivity index (χ0) is 19.2. The van der Waals surface area contributed by atoms with Crippen molar-refractivity contribution in [1.29, 1.82) is 0 Å². The number of carbonyl (C=O) groups is 2. The van der Waals surface area contributed by atoms with Crippen LogP contribution >= 0.6 is 0 Å². The lowest BCUT2D eigenvalue weighted by molar-refractivity contribution is -0.157. The van der Waals surface area contributed by atoms with E-state index in [-0.39, 0.29) is 11.8 Å². The molecule has 0 saturated heterocycles. The molecule has 1 aromatic rings. The largest absolute Gasteiger partial charge is 0.446 e. The van der Waals surface area contributed by atoms with Gasteiger partial charge in [0.05, 0.1) is 5.75 Å². The third kappa shape index (κ3) is 6.42. The molecule has 0 radical (unpaired) electrons. The molecule has 0 unspecified atom stereocenters. The summed E-state index contributed by atoms with van der Waals surface area (Å²) in [4.78, 5) is 24.8. The molecule has 0 spiro atoms. The Balaban J connectivity index is 2.04. The Labute approximate surface area is 154 Å². The molecule has 1 aliphatic carbocycles. The van der Waals surface area contributed by atoms with E-state index in [9.17, 15) is 18.0 Å². The molecule has 1 aliphatic rings. The average molecular weight is 382 g/mol. The highest BCUT2D eigenvalue weighted by atomic mass is 32.2. The van der Waals surface area contributed by atoms with Crippen molar-refractivity contribution in [3.05, 3.63) is 35.9 Å². The number of sulfonamides is 1. The normalized spacial score (nSPS) is 16.5. The summed E-state index contributed by atoms with van der Waals surface area (Å²) in [7, 11) is -3.57. The number of carbonyl (C=O) groups excluding carboxylic acids is 2. The monoisotopic (exact) mass is 382 g/mol. The van der Waals surface area contributed by atoms with Crippen molar-refractivity contribution in [1.82, 2.24) is 10.0 Å². The fourth-order valence-electron chi connectivity index (χ4n) is 2.33. The SMILES string of the molecule is CCCCS(=O)(=O)N[C@@H](C)C(=O)O[C@@H](C(=O)NC1CC1)c1ccccc1. The van der Waals surface area contributed by atoms with Crippen LogP contribution in [0.2, 0.25) is 0 Å². The lowest BCUT2D eigenvalue weighted by atomic mass is 10.1. The maximum absolute atomic E-state index is 12.5. The van der Waals surface area contributed by atoms with Crippen LogP contribution in [0.15, 0.2) is 30.3 Å². The Morgan fingerprint density at radius 3 is 2.46 bits per heavy atom. The van der Waals surface area contributed by atoms with Crippen LogP contribution in [-0.4, -0.2) is 38.1 Å². The van der Waals surface area contributed by atoms with Crippen molar-refractivity contribution in [2.24, 2.45) is 0 Å². The van der Waals surface area contributed by atoms with Crippen molar-refractivity contribution < 1.29 is 22.7 Å². The number of rotatable bonds is 10. The quantitative estimate of drug-likeness (QED) is 0.599. The van der Waals surface area contributed by atoms with E-state index in [0.717, 1.165) is 19.3 Å². The molecule has 0 aromatic heterocycles. The first kappa shape index (κ1) is 20.4. The molecule has 0 heterocycles. The van der Waals surface area contributed by atoms with E-state index in [1.165, 1.54) is 6.92 Å². The van der Waals surface area contributed by atoms with Crippen molar-refractivity contribution in [2.45, 2.75) is 57.7 Å². The Bertz CT molecular complexity index is 716. The van der Waals surface area contributed by atoms with E-state index in [4.69, 9.17) is 4.74 Å². The molecule has 1 aromatic carbocycles. The first-order chi connectivity index (χ1) is 12.3. The number of benzene rings is 1. The summed E-state index contributed by atoms with van der Waals surface area (Å²) in [5, 5.41) is 2.82. The van der Waals surface area contributed by atoms with Crippen molar-refractivity contribution >= 4 is 21.9 Å². The fourth-order valence-corrected chi connectivity index (χ4v) is 3.76. The Hall–Kier alpha value is -1.93. The van der Waals surface area contributed by atoms with Gasteiger partial charge in [0, 0.05) is 11.6 Å². The Morgan fingerprint density at radius 2 is 1.88 bits per heavy atom. The molecule has 2 N–H and O–H groups in total. The van der Waals surface area contributed by atoms with Crippen LogP contribution < -0.4 is 10.0 Å². The lowest BCUT2D eigenvalue weighted by Crippen LogP contribution is -2.42. The molecule has 2 atom stereocenters. The first-order valence-corrected chi connectivity index (χ1v) is 10.5. The van der Waals surface area contributed by atoms with Gasteiger partial charge in [0.15, 0.2) is 0 Å². The number of ether oxygens (including phenoxy) is 1. The summed E-state index contributed by atoms with van der Waals surface area (Å²) in [6.45, 7) is 3.29. The average Bonchev–Trinajstić information content (AvgIpc) is 3.41. The van der Waals surface area contributed by atoms with Crippen LogP contribution in [0.1, 0.15) is 51.2 Å². The first-order valence-electron chi connectivity index (χ1n) is 8.88. The molecule has 2 rings (SSSR count). The van der Waals surface area contributed by atoms with Crippen molar-refractivity contribution in [3.8, 4) is 0 Å². The number of nitrogens with one attached hydrogen (secondary N) is 2. The molecule has 144 valence electrons. The van der Waals surface area contributed by atoms with Crippen molar-refractivity contribution in [2.75, 3.05) is 5.75 Å². The highest BCUT2D eigenvalue weighted by molar-refractivity contribution is 7.89. The summed E-state index contributed by atoms with van der Waals surface area (Å²) < 4.78 is 31.6. The molecular formula is C18H26N2O5S. The van der Waals surface area contributed by atoms with E-state index in [2.05, 4.69) is 10.0 Å². The van der Waals surface area contributed by atoms with Gasteiger partial charge in [0.2, 0.25) is 16.1 Å². The fraction of sp³-hybridized carbons (Fsp3) is 0.556. The number of esters is 1. The minimum atomic E-state index is -3.57. The van der Waals surface area contributed by atoms with Crippen LogP contribution in [0.3, 0.4) is 0 Å². The topological polar surface area (TPSA) is 102 Å². The molecule has 7 nitrogen and oxygen atoms in total. The predicted molar refractivity (Wildman–Crippen MR) is 97.7 cm³/mol. The van der Waals surface area contributed by atoms with Gasteiger partial charge in [-0.3, -0.25) is 9.59 Å². The number of hydrogen-bond acceptors (Lipinski definition) is 5. The van der Waals surface area contributed by atoms with E-state index in [1.54, 1.807) is 30.3 Å². The van der Waals surface area contributed by atoms with Gasteiger partial charge in [-0.15, -0.1) is 0 Å². The van der Waals surface area contributed by atoms with Gasteiger partial charge >= 0.3 is 5.97 Å².